The average Bonchev–Trinajstić information content (AvgIpc) is 2.90. The van der Waals surface area contributed by atoms with E-state index in [0.717, 1.165) is 13.0 Å². The van der Waals surface area contributed by atoms with Gasteiger partial charge in [-0.25, -0.2) is 0 Å². The van der Waals surface area contributed by atoms with E-state index in [0.29, 0.717) is 12.0 Å². The van der Waals surface area contributed by atoms with Crippen molar-refractivity contribution in [2.75, 3.05) is 6.54 Å². The molecule has 0 aliphatic carbocycles. The van der Waals surface area contributed by atoms with Crippen LogP contribution in [0.25, 0.3) is 0 Å². The van der Waals surface area contributed by atoms with Gasteiger partial charge in [0.2, 0.25) is 0 Å². The van der Waals surface area contributed by atoms with E-state index >= 15 is 0 Å². The third-order valence-corrected chi connectivity index (χ3v) is 4.15. The van der Waals surface area contributed by atoms with Gasteiger partial charge >= 0.3 is 0 Å². The molecule has 0 radical (unpaired) electrons. The Bertz CT molecular complexity index is 447. The second-order valence-corrected chi connectivity index (χ2v) is 6.43. The smallest absolute Gasteiger partial charge is 0.00485 e. The summed E-state index contributed by atoms with van der Waals surface area (Å²) in [5, 5.41) is 5.75. The summed E-state index contributed by atoms with van der Waals surface area (Å²) >= 11 is 1.87. The van der Waals surface area contributed by atoms with Crippen LogP contribution in [-0.4, -0.2) is 12.6 Å². The molecule has 0 spiro atoms. The van der Waals surface area contributed by atoms with Gasteiger partial charge in [-0.3, -0.25) is 0 Å². The number of hydrogen-bond acceptors (Lipinski definition) is 2. The quantitative estimate of drug-likeness (QED) is 0.799. The molecule has 0 aliphatic rings. The highest BCUT2D eigenvalue weighted by atomic mass is 32.1. The molecule has 0 saturated carbocycles. The topological polar surface area (TPSA) is 12.0 Å². The minimum absolute atomic E-state index is 0.557. The summed E-state index contributed by atoms with van der Waals surface area (Å²) in [4.78, 5) is 1.49. The Balaban J connectivity index is 1.97. The van der Waals surface area contributed by atoms with Crippen LogP contribution in [0.15, 0.2) is 47.8 Å². The Hall–Kier alpha value is -1.12. The van der Waals surface area contributed by atoms with E-state index in [1.165, 1.54) is 16.9 Å². The lowest BCUT2D eigenvalue weighted by Crippen LogP contribution is -2.30. The van der Waals surface area contributed by atoms with Crippen LogP contribution in [0, 0.1) is 5.92 Å². The highest BCUT2D eigenvalue weighted by Crippen LogP contribution is 2.18. The molecular weight excluding hydrogens is 250 g/mol. The Morgan fingerprint density at radius 1 is 1.00 bits per heavy atom. The van der Waals surface area contributed by atoms with Crippen molar-refractivity contribution in [2.45, 2.75) is 32.7 Å². The van der Waals surface area contributed by atoms with Gasteiger partial charge in [0, 0.05) is 10.9 Å². The van der Waals surface area contributed by atoms with Crippen molar-refractivity contribution in [1.29, 1.82) is 0 Å². The van der Waals surface area contributed by atoms with E-state index in [1.807, 2.05) is 11.3 Å². The van der Waals surface area contributed by atoms with Crippen molar-refractivity contribution in [1.82, 2.24) is 5.32 Å². The first kappa shape index (κ1) is 14.3. The lowest BCUT2D eigenvalue weighted by molar-refractivity contribution is 0.446. The van der Waals surface area contributed by atoms with Gasteiger partial charge in [-0.1, -0.05) is 50.2 Å². The van der Waals surface area contributed by atoms with Crippen molar-refractivity contribution in [3.05, 3.63) is 58.3 Å². The first-order valence-corrected chi connectivity index (χ1v) is 7.91. The lowest BCUT2D eigenvalue weighted by Gasteiger charge is -2.19. The van der Waals surface area contributed by atoms with E-state index in [1.54, 1.807) is 0 Å². The molecule has 0 bridgehead atoms. The van der Waals surface area contributed by atoms with Crippen LogP contribution in [0.2, 0.25) is 0 Å². The largest absolute Gasteiger partial charge is 0.314 e. The average molecular weight is 273 g/mol. The maximum atomic E-state index is 3.58. The van der Waals surface area contributed by atoms with Crippen LogP contribution in [-0.2, 0) is 12.8 Å². The van der Waals surface area contributed by atoms with Gasteiger partial charge in [0.05, 0.1) is 0 Å². The highest BCUT2D eigenvalue weighted by molar-refractivity contribution is 7.09. The van der Waals surface area contributed by atoms with Crippen molar-refractivity contribution in [3.8, 4) is 0 Å². The zero-order valence-corrected chi connectivity index (χ0v) is 12.6. The number of thiophene rings is 1. The molecule has 1 heterocycles. The maximum absolute atomic E-state index is 3.58. The molecule has 1 nitrogen and oxygen atoms in total. The van der Waals surface area contributed by atoms with Gasteiger partial charge in [0.1, 0.15) is 0 Å². The minimum atomic E-state index is 0.557. The van der Waals surface area contributed by atoms with Crippen LogP contribution in [0.3, 0.4) is 0 Å². The summed E-state index contributed by atoms with van der Waals surface area (Å²) in [6.07, 6.45) is 2.32. The normalized spacial score (nSPS) is 12.8. The minimum Gasteiger partial charge on any atom is -0.314 e. The van der Waals surface area contributed by atoms with Crippen LogP contribution in [0.5, 0.6) is 0 Å². The standard InChI is InChI=1S/C17H23NS/c1-14(2)18-13-16(12-17-9-6-10-19-17)11-15-7-4-3-5-8-15/h3-10,14,16,18H,11-13H2,1-2H3. The molecule has 19 heavy (non-hydrogen) atoms. The summed E-state index contributed by atoms with van der Waals surface area (Å²) in [7, 11) is 0. The van der Waals surface area contributed by atoms with Crippen LogP contribution < -0.4 is 5.32 Å². The summed E-state index contributed by atoms with van der Waals surface area (Å²) in [5.74, 6) is 0.670. The van der Waals surface area contributed by atoms with E-state index in [2.05, 4.69) is 67.0 Å². The molecule has 2 rings (SSSR count). The third kappa shape index (κ3) is 5.17. The molecule has 0 fully saturated rings. The number of nitrogens with one attached hydrogen (secondary N) is 1. The van der Waals surface area contributed by atoms with Gasteiger partial charge in [-0.15, -0.1) is 11.3 Å². The fourth-order valence-corrected chi connectivity index (χ4v) is 3.10. The summed E-state index contributed by atoms with van der Waals surface area (Å²) in [6, 6.07) is 15.8. The number of rotatable bonds is 7. The Labute approximate surface area is 120 Å². The monoisotopic (exact) mass is 273 g/mol. The summed E-state index contributed by atoms with van der Waals surface area (Å²) < 4.78 is 0. The van der Waals surface area contributed by atoms with Crippen LogP contribution in [0.1, 0.15) is 24.3 Å². The van der Waals surface area contributed by atoms with Crippen molar-refractivity contribution in [3.63, 3.8) is 0 Å². The molecule has 0 saturated heterocycles. The molecule has 102 valence electrons. The first-order chi connectivity index (χ1) is 9.24. The molecule has 1 atom stereocenters. The predicted molar refractivity (Wildman–Crippen MR) is 84.8 cm³/mol. The number of benzene rings is 1. The molecule has 1 unspecified atom stereocenters. The van der Waals surface area contributed by atoms with Crippen molar-refractivity contribution < 1.29 is 0 Å². The van der Waals surface area contributed by atoms with Crippen molar-refractivity contribution in [2.24, 2.45) is 5.92 Å². The molecule has 2 heteroatoms. The lowest BCUT2D eigenvalue weighted by atomic mass is 9.95. The summed E-state index contributed by atoms with van der Waals surface area (Å²) in [5.41, 5.74) is 1.44. The molecule has 2 aromatic rings. The second-order valence-electron chi connectivity index (χ2n) is 5.40. The summed E-state index contributed by atoms with van der Waals surface area (Å²) in [6.45, 7) is 5.51. The van der Waals surface area contributed by atoms with Crippen molar-refractivity contribution >= 4 is 11.3 Å². The maximum Gasteiger partial charge on any atom is 0.00485 e. The van der Waals surface area contributed by atoms with E-state index in [9.17, 15) is 0 Å². The second kappa shape index (κ2) is 7.46. The van der Waals surface area contributed by atoms with Crippen LogP contribution in [0.4, 0.5) is 0 Å². The molecule has 0 amide bonds. The first-order valence-electron chi connectivity index (χ1n) is 7.03. The van der Waals surface area contributed by atoms with Gasteiger partial charge in [-0.2, -0.15) is 0 Å². The predicted octanol–water partition coefficient (Wildman–Crippen LogP) is 4.15. The van der Waals surface area contributed by atoms with Gasteiger partial charge in [0.25, 0.3) is 0 Å². The fourth-order valence-electron chi connectivity index (χ4n) is 2.28. The Kier molecular flexibility index (Phi) is 5.62. The molecular formula is C17H23NS. The van der Waals surface area contributed by atoms with E-state index in [4.69, 9.17) is 0 Å². The van der Waals surface area contributed by atoms with Crippen LogP contribution >= 0.6 is 11.3 Å². The zero-order valence-electron chi connectivity index (χ0n) is 11.8. The van der Waals surface area contributed by atoms with Gasteiger partial charge in [0.15, 0.2) is 0 Å². The van der Waals surface area contributed by atoms with E-state index < -0.39 is 0 Å². The Morgan fingerprint density at radius 3 is 2.42 bits per heavy atom. The Morgan fingerprint density at radius 2 is 1.79 bits per heavy atom. The van der Waals surface area contributed by atoms with Gasteiger partial charge < -0.3 is 5.32 Å². The van der Waals surface area contributed by atoms with Gasteiger partial charge in [-0.05, 0) is 42.3 Å². The zero-order chi connectivity index (χ0) is 13.5. The fraction of sp³-hybridized carbons (Fsp3) is 0.412. The van der Waals surface area contributed by atoms with E-state index in [-0.39, 0.29) is 0 Å². The third-order valence-electron chi connectivity index (χ3n) is 3.25. The molecule has 1 aromatic heterocycles. The molecule has 0 aliphatic heterocycles. The molecule has 1 aromatic carbocycles. The molecule has 1 N–H and O–H groups in total. The number of hydrogen-bond donors (Lipinski definition) is 1. The SMILES string of the molecule is CC(C)NCC(Cc1ccccc1)Cc1cccs1. The highest BCUT2D eigenvalue weighted by Gasteiger charge is 2.12.